The summed E-state index contributed by atoms with van der Waals surface area (Å²) in [6.07, 6.45) is 9.41. The van der Waals surface area contributed by atoms with Gasteiger partial charge in [0.1, 0.15) is 0 Å². The summed E-state index contributed by atoms with van der Waals surface area (Å²) in [5.74, 6) is 0.141. The van der Waals surface area contributed by atoms with Gasteiger partial charge in [-0.15, -0.1) is 0 Å². The third-order valence-corrected chi connectivity index (χ3v) is 2.61. The van der Waals surface area contributed by atoms with Crippen LogP contribution in [0.15, 0.2) is 11.6 Å². The lowest BCUT2D eigenvalue weighted by Crippen LogP contribution is -2.05. The first-order valence-corrected chi connectivity index (χ1v) is 6.50. The summed E-state index contributed by atoms with van der Waals surface area (Å²) in [5.41, 5.74) is 0.831. The standard InChI is InChI=1S/C14H26O2/c1-4-6-7-8-9-10-11-14(13(3)15)12-16-5-2/h11H,4-10,12H2,1-3H3/b14-11+. The van der Waals surface area contributed by atoms with Crippen LogP contribution in [0.25, 0.3) is 0 Å². The average Bonchev–Trinajstić information content (AvgIpc) is 2.26. The molecule has 0 aromatic heterocycles. The zero-order valence-electron chi connectivity index (χ0n) is 11.1. The maximum absolute atomic E-state index is 11.3. The predicted octanol–water partition coefficient (Wildman–Crippen LogP) is 3.90. The minimum atomic E-state index is 0.141. The number of unbranched alkanes of at least 4 members (excludes halogenated alkanes) is 5. The third kappa shape index (κ3) is 8.66. The molecule has 0 atom stereocenters. The lowest BCUT2D eigenvalue weighted by atomic mass is 10.1. The second-order valence-electron chi connectivity index (χ2n) is 4.13. The van der Waals surface area contributed by atoms with E-state index in [9.17, 15) is 4.79 Å². The summed E-state index contributed by atoms with van der Waals surface area (Å²) < 4.78 is 5.26. The minimum absolute atomic E-state index is 0.141. The van der Waals surface area contributed by atoms with Gasteiger partial charge in [-0.25, -0.2) is 0 Å². The van der Waals surface area contributed by atoms with Gasteiger partial charge in [0.05, 0.1) is 6.61 Å². The number of carbonyl (C=O) groups is 1. The summed E-state index contributed by atoms with van der Waals surface area (Å²) in [6.45, 7) is 6.92. The molecule has 0 fully saturated rings. The number of rotatable bonds is 10. The van der Waals surface area contributed by atoms with Crippen LogP contribution in [0, 0.1) is 0 Å². The highest BCUT2D eigenvalue weighted by Crippen LogP contribution is 2.08. The van der Waals surface area contributed by atoms with Crippen molar-refractivity contribution < 1.29 is 9.53 Å². The number of hydrogen-bond donors (Lipinski definition) is 0. The van der Waals surface area contributed by atoms with Crippen molar-refractivity contribution in [1.29, 1.82) is 0 Å². The van der Waals surface area contributed by atoms with Crippen molar-refractivity contribution >= 4 is 5.78 Å². The Labute approximate surface area is 100 Å². The number of Topliss-reactive ketones (excluding diaryl/α,β-unsaturated/α-hetero) is 1. The van der Waals surface area contributed by atoms with E-state index in [1.165, 1.54) is 32.1 Å². The zero-order valence-corrected chi connectivity index (χ0v) is 11.1. The molecule has 0 heterocycles. The van der Waals surface area contributed by atoms with Gasteiger partial charge in [0.2, 0.25) is 0 Å². The topological polar surface area (TPSA) is 26.3 Å². The Kier molecular flexibility index (Phi) is 10.4. The van der Waals surface area contributed by atoms with E-state index in [1.54, 1.807) is 6.92 Å². The molecule has 0 saturated heterocycles. The van der Waals surface area contributed by atoms with E-state index >= 15 is 0 Å². The smallest absolute Gasteiger partial charge is 0.157 e. The molecule has 0 bridgehead atoms. The first-order valence-electron chi connectivity index (χ1n) is 6.50. The van der Waals surface area contributed by atoms with Gasteiger partial charge in [-0.1, -0.05) is 38.7 Å². The van der Waals surface area contributed by atoms with E-state index < -0.39 is 0 Å². The van der Waals surface area contributed by atoms with Gasteiger partial charge >= 0.3 is 0 Å². The maximum Gasteiger partial charge on any atom is 0.157 e. The van der Waals surface area contributed by atoms with Crippen LogP contribution in [0.2, 0.25) is 0 Å². The van der Waals surface area contributed by atoms with Crippen LogP contribution in [0.4, 0.5) is 0 Å². The van der Waals surface area contributed by atoms with E-state index in [0.717, 1.165) is 12.0 Å². The van der Waals surface area contributed by atoms with Crippen LogP contribution in [0.5, 0.6) is 0 Å². The van der Waals surface area contributed by atoms with Gasteiger partial charge in [0.15, 0.2) is 5.78 Å². The Bertz CT molecular complexity index is 207. The zero-order chi connectivity index (χ0) is 12.2. The fourth-order valence-electron chi connectivity index (χ4n) is 1.54. The second-order valence-corrected chi connectivity index (χ2v) is 4.13. The number of ether oxygens (including phenoxy) is 1. The molecule has 0 rings (SSSR count). The number of hydrogen-bond acceptors (Lipinski definition) is 2. The summed E-state index contributed by atoms with van der Waals surface area (Å²) >= 11 is 0. The molecular weight excluding hydrogens is 200 g/mol. The highest BCUT2D eigenvalue weighted by atomic mass is 16.5. The first-order chi connectivity index (χ1) is 7.72. The molecule has 0 aliphatic heterocycles. The molecule has 16 heavy (non-hydrogen) atoms. The Morgan fingerprint density at radius 3 is 2.38 bits per heavy atom. The average molecular weight is 226 g/mol. The Hall–Kier alpha value is -0.630. The van der Waals surface area contributed by atoms with E-state index in [4.69, 9.17) is 4.74 Å². The normalized spacial score (nSPS) is 11.8. The summed E-state index contributed by atoms with van der Waals surface area (Å²) in [6, 6.07) is 0. The predicted molar refractivity (Wildman–Crippen MR) is 68.6 cm³/mol. The van der Waals surface area contributed by atoms with Crippen LogP contribution < -0.4 is 0 Å². The monoisotopic (exact) mass is 226 g/mol. The molecule has 0 saturated carbocycles. The summed E-state index contributed by atoms with van der Waals surface area (Å²) in [5, 5.41) is 0. The molecule has 94 valence electrons. The van der Waals surface area contributed by atoms with E-state index in [2.05, 4.69) is 6.92 Å². The summed E-state index contributed by atoms with van der Waals surface area (Å²) in [7, 11) is 0. The lowest BCUT2D eigenvalue weighted by Gasteiger charge is -2.04. The third-order valence-electron chi connectivity index (χ3n) is 2.61. The van der Waals surface area contributed by atoms with Crippen LogP contribution in [0.3, 0.4) is 0 Å². The Morgan fingerprint density at radius 1 is 1.12 bits per heavy atom. The van der Waals surface area contributed by atoms with Crippen molar-refractivity contribution in [3.8, 4) is 0 Å². The fraction of sp³-hybridized carbons (Fsp3) is 0.786. The van der Waals surface area contributed by atoms with E-state index in [-0.39, 0.29) is 5.78 Å². The number of ketones is 1. The summed E-state index contributed by atoms with van der Waals surface area (Å²) in [4.78, 5) is 11.3. The first kappa shape index (κ1) is 15.4. The van der Waals surface area contributed by atoms with Gasteiger partial charge in [-0.3, -0.25) is 4.79 Å². The fourth-order valence-corrected chi connectivity index (χ4v) is 1.54. The van der Waals surface area contributed by atoms with Gasteiger partial charge < -0.3 is 4.74 Å². The van der Waals surface area contributed by atoms with Gasteiger partial charge in [-0.2, -0.15) is 0 Å². The molecule has 0 N–H and O–H groups in total. The largest absolute Gasteiger partial charge is 0.377 e. The van der Waals surface area contributed by atoms with Gasteiger partial charge in [-0.05, 0) is 26.7 Å². The molecule has 0 unspecified atom stereocenters. The highest BCUT2D eigenvalue weighted by molar-refractivity contribution is 5.93. The van der Waals surface area contributed by atoms with Crippen molar-refractivity contribution in [3.63, 3.8) is 0 Å². The minimum Gasteiger partial charge on any atom is -0.377 e. The van der Waals surface area contributed by atoms with Crippen molar-refractivity contribution in [2.24, 2.45) is 0 Å². The molecular formula is C14H26O2. The highest BCUT2D eigenvalue weighted by Gasteiger charge is 2.02. The SMILES string of the molecule is CCCCCCC/C=C(\COCC)C(C)=O. The molecule has 0 aliphatic carbocycles. The van der Waals surface area contributed by atoms with E-state index in [1.807, 2.05) is 13.0 Å². The molecule has 2 heteroatoms. The maximum atomic E-state index is 11.3. The van der Waals surface area contributed by atoms with Crippen LogP contribution in [0.1, 0.15) is 59.3 Å². The molecule has 0 aromatic carbocycles. The molecule has 0 spiro atoms. The number of carbonyl (C=O) groups excluding carboxylic acids is 1. The van der Waals surface area contributed by atoms with Gasteiger partial charge in [0, 0.05) is 12.2 Å². The van der Waals surface area contributed by atoms with E-state index in [0.29, 0.717) is 13.2 Å². The quantitative estimate of drug-likeness (QED) is 0.417. The van der Waals surface area contributed by atoms with Gasteiger partial charge in [0.25, 0.3) is 0 Å². The Balaban J connectivity index is 3.72. The second kappa shape index (κ2) is 10.9. The van der Waals surface area contributed by atoms with Crippen LogP contribution >= 0.6 is 0 Å². The van der Waals surface area contributed by atoms with Crippen molar-refractivity contribution in [2.45, 2.75) is 59.3 Å². The van der Waals surface area contributed by atoms with Crippen molar-refractivity contribution in [3.05, 3.63) is 11.6 Å². The van der Waals surface area contributed by atoms with Crippen molar-refractivity contribution in [1.82, 2.24) is 0 Å². The Morgan fingerprint density at radius 2 is 1.81 bits per heavy atom. The number of allylic oxidation sites excluding steroid dienone is 1. The molecule has 0 radical (unpaired) electrons. The van der Waals surface area contributed by atoms with Crippen LogP contribution in [-0.2, 0) is 9.53 Å². The molecule has 0 aromatic rings. The molecule has 0 amide bonds. The lowest BCUT2D eigenvalue weighted by molar-refractivity contribution is -0.114. The molecule has 2 nitrogen and oxygen atoms in total. The van der Waals surface area contributed by atoms with Crippen molar-refractivity contribution in [2.75, 3.05) is 13.2 Å². The van der Waals surface area contributed by atoms with Crippen LogP contribution in [-0.4, -0.2) is 19.0 Å². The molecule has 0 aliphatic rings.